The van der Waals surface area contributed by atoms with Gasteiger partial charge in [0.15, 0.2) is 6.10 Å². The number of halogens is 1. The first-order valence-electron chi connectivity index (χ1n) is 17.7. The number of aliphatic hydroxyl groups is 1. The number of esters is 1. The van der Waals surface area contributed by atoms with Crippen molar-refractivity contribution in [1.82, 2.24) is 4.90 Å². The van der Waals surface area contributed by atoms with E-state index in [1.165, 1.54) is 110 Å². The molecule has 3 unspecified atom stereocenters. The summed E-state index contributed by atoms with van der Waals surface area (Å²) in [5.41, 5.74) is 0.436. The highest BCUT2D eigenvalue weighted by molar-refractivity contribution is 5.69. The summed E-state index contributed by atoms with van der Waals surface area (Å²) >= 11 is 0. The monoisotopic (exact) mass is 636 g/mol. The summed E-state index contributed by atoms with van der Waals surface area (Å²) in [5, 5.41) is 11.4. The van der Waals surface area contributed by atoms with Gasteiger partial charge in [-0.2, -0.15) is 0 Å². The maximum absolute atomic E-state index is 13.1. The van der Waals surface area contributed by atoms with E-state index in [2.05, 4.69) is 32.7 Å². The average Bonchev–Trinajstić information content (AvgIpc) is 3.07. The van der Waals surface area contributed by atoms with Crippen LogP contribution in [-0.4, -0.2) is 78.0 Å². The number of carbonyl (C=O) groups is 1. The Morgan fingerprint density at radius 3 is 2.29 bits per heavy atom. The zero-order chi connectivity index (χ0) is 28.1. The number of hydrogen-bond donors (Lipinski definition) is 1. The number of carbonyl (C=O) groups excluding carboxylic acids is 1. The summed E-state index contributed by atoms with van der Waals surface area (Å²) in [6.07, 6.45) is 19.2. The van der Waals surface area contributed by atoms with Gasteiger partial charge in [-0.05, 0) is 126 Å². The minimum Gasteiger partial charge on any atom is -1.00 e. The third-order valence-corrected chi connectivity index (χ3v) is 14.1. The van der Waals surface area contributed by atoms with Gasteiger partial charge in [-0.3, -0.25) is 9.69 Å². The molecule has 10 atom stereocenters. The van der Waals surface area contributed by atoms with Gasteiger partial charge in [-0.25, -0.2) is 0 Å². The van der Waals surface area contributed by atoms with Crippen LogP contribution in [0.5, 0.6) is 0 Å². The first-order chi connectivity index (χ1) is 19.2. The van der Waals surface area contributed by atoms with Gasteiger partial charge in [0.05, 0.1) is 26.2 Å². The number of likely N-dealkylation sites (N-methyl/N-ethyl adjacent to an activating group) is 1. The molecule has 0 aromatic heterocycles. The Labute approximate surface area is 261 Å². The largest absolute Gasteiger partial charge is 1.00 e. The Bertz CT molecular complexity index is 902. The van der Waals surface area contributed by atoms with Crippen molar-refractivity contribution in [2.75, 3.05) is 33.2 Å². The van der Waals surface area contributed by atoms with Gasteiger partial charge in [0.2, 0.25) is 0 Å². The van der Waals surface area contributed by atoms with Gasteiger partial charge in [-0.1, -0.05) is 27.2 Å². The lowest BCUT2D eigenvalue weighted by Gasteiger charge is -2.62. The number of likely N-dealkylation sites (tertiary alicyclic amines) is 2. The van der Waals surface area contributed by atoms with Crippen LogP contribution in [0.25, 0.3) is 0 Å². The lowest BCUT2D eigenvalue weighted by Crippen LogP contribution is -3.00. The van der Waals surface area contributed by atoms with Crippen molar-refractivity contribution in [3.8, 4) is 0 Å². The van der Waals surface area contributed by atoms with Crippen LogP contribution in [0.15, 0.2) is 0 Å². The number of ether oxygens (including phenoxy) is 1. The number of hydrogen-bond acceptors (Lipinski definition) is 4. The van der Waals surface area contributed by atoms with E-state index in [0.29, 0.717) is 35.8 Å². The van der Waals surface area contributed by atoms with Crippen molar-refractivity contribution >= 4 is 5.97 Å². The molecule has 0 radical (unpaired) electrons. The number of piperidine rings is 1. The summed E-state index contributed by atoms with van der Waals surface area (Å²) in [6.45, 7) is 12.1. The van der Waals surface area contributed by atoms with Crippen LogP contribution < -0.4 is 17.0 Å². The predicted molar refractivity (Wildman–Crippen MR) is 161 cm³/mol. The first kappa shape index (κ1) is 32.2. The van der Waals surface area contributed by atoms with Crippen LogP contribution in [0.1, 0.15) is 124 Å². The van der Waals surface area contributed by atoms with E-state index in [1.807, 2.05) is 0 Å². The molecule has 1 N–H and O–H groups in total. The molecular formula is C35H61BrN2O3. The standard InChI is InChI=1S/C35H61N2O3.BrH/c1-5-13-32(39)40-33-30(37(4)20-11-6-7-12-21-37)23-28-26-15-14-25-22-31(38)29(36-18-9-8-10-19-36)24-35(25,3)27(26)16-17-34(28,33)2;/h25-31,33,38H,5-24H2,1-4H3;1H/q+1;/p-1/t25-,26?,27?,28?,29-,30-,31-,33-,34-,35-;/m0./s1. The second kappa shape index (κ2) is 12.7. The summed E-state index contributed by atoms with van der Waals surface area (Å²) < 4.78 is 7.75. The molecule has 6 heteroatoms. The molecule has 0 bridgehead atoms. The molecule has 0 aromatic carbocycles. The third-order valence-electron chi connectivity index (χ3n) is 14.1. The lowest BCUT2D eigenvalue weighted by molar-refractivity contribution is -0.935. The second-order valence-electron chi connectivity index (χ2n) is 16.2. The fourth-order valence-electron chi connectivity index (χ4n) is 11.8. The normalized spacial score (nSPS) is 46.3. The third kappa shape index (κ3) is 5.72. The number of quaternary nitrogens is 1. The van der Waals surface area contributed by atoms with Gasteiger partial charge in [0.25, 0.3) is 0 Å². The molecule has 0 spiro atoms. The molecule has 0 amide bonds. The summed E-state index contributed by atoms with van der Waals surface area (Å²) in [5.74, 6) is 2.87. The Balaban J connectivity index is 0.00000337. The minimum atomic E-state index is -0.146. The number of aliphatic hydroxyl groups excluding tert-OH is 1. The average molecular weight is 638 g/mol. The van der Waals surface area contributed by atoms with Crippen LogP contribution in [0, 0.1) is 34.5 Å². The van der Waals surface area contributed by atoms with E-state index in [-0.39, 0.29) is 40.6 Å². The molecule has 4 aliphatic carbocycles. The predicted octanol–water partition coefficient (Wildman–Crippen LogP) is 3.57. The number of rotatable bonds is 5. The van der Waals surface area contributed by atoms with E-state index in [4.69, 9.17) is 4.74 Å². The summed E-state index contributed by atoms with van der Waals surface area (Å²) in [6, 6.07) is 0.807. The zero-order valence-corrected chi connectivity index (χ0v) is 28.4. The fourth-order valence-corrected chi connectivity index (χ4v) is 11.8. The SMILES string of the molecule is CCCC(=O)O[C@H]1[C@@H]([N+]2(C)CCCCCC2)CC2C3CC[C@H]4C[C@H](O)[C@@H](N5CCCCC5)C[C@]4(C)C3CC[C@@]21C.[Br-]. The Kier molecular flexibility index (Phi) is 9.96. The second-order valence-corrected chi connectivity index (χ2v) is 16.2. The smallest absolute Gasteiger partial charge is 0.306 e. The Hall–Kier alpha value is -0.170. The molecular weight excluding hydrogens is 576 g/mol. The molecule has 2 saturated heterocycles. The van der Waals surface area contributed by atoms with Crippen molar-refractivity contribution in [1.29, 1.82) is 0 Å². The van der Waals surface area contributed by atoms with Crippen molar-refractivity contribution < 1.29 is 36.1 Å². The molecule has 2 heterocycles. The van der Waals surface area contributed by atoms with Gasteiger partial charge in [0.1, 0.15) is 6.04 Å². The molecule has 5 nitrogen and oxygen atoms in total. The van der Waals surface area contributed by atoms with Crippen molar-refractivity contribution in [2.24, 2.45) is 34.5 Å². The van der Waals surface area contributed by atoms with Crippen LogP contribution in [0.3, 0.4) is 0 Å². The maximum atomic E-state index is 13.1. The van der Waals surface area contributed by atoms with Crippen molar-refractivity contribution in [2.45, 2.75) is 148 Å². The van der Waals surface area contributed by atoms with Crippen molar-refractivity contribution in [3.05, 3.63) is 0 Å². The fraction of sp³-hybridized carbons (Fsp3) is 0.971. The van der Waals surface area contributed by atoms with Crippen LogP contribution in [-0.2, 0) is 9.53 Å². The van der Waals surface area contributed by atoms with E-state index in [0.717, 1.165) is 29.2 Å². The van der Waals surface area contributed by atoms with Gasteiger partial charge in [-0.15, -0.1) is 0 Å². The molecule has 0 aromatic rings. The number of nitrogens with zero attached hydrogens (tertiary/aromatic N) is 2. The molecule has 6 aliphatic rings. The number of fused-ring (bicyclic) bond motifs is 5. The van der Waals surface area contributed by atoms with Crippen LogP contribution in [0.4, 0.5) is 0 Å². The van der Waals surface area contributed by atoms with E-state index >= 15 is 0 Å². The zero-order valence-electron chi connectivity index (χ0n) is 26.8. The van der Waals surface area contributed by atoms with Crippen molar-refractivity contribution in [3.63, 3.8) is 0 Å². The quantitative estimate of drug-likeness (QED) is 0.370. The van der Waals surface area contributed by atoms with E-state index in [1.54, 1.807) is 0 Å². The van der Waals surface area contributed by atoms with Crippen LogP contribution in [0.2, 0.25) is 0 Å². The Morgan fingerprint density at radius 1 is 0.927 bits per heavy atom. The first-order valence-corrected chi connectivity index (χ1v) is 17.7. The van der Waals surface area contributed by atoms with Gasteiger partial charge in [0, 0.05) is 24.3 Å². The van der Waals surface area contributed by atoms with E-state index < -0.39 is 0 Å². The van der Waals surface area contributed by atoms with Gasteiger partial charge >= 0.3 is 5.97 Å². The minimum absolute atomic E-state index is 0. The molecule has 2 aliphatic heterocycles. The van der Waals surface area contributed by atoms with E-state index in [9.17, 15) is 9.90 Å². The lowest BCUT2D eigenvalue weighted by atomic mass is 9.44. The topological polar surface area (TPSA) is 49.8 Å². The highest BCUT2D eigenvalue weighted by Gasteiger charge is 2.67. The highest BCUT2D eigenvalue weighted by Crippen LogP contribution is 2.67. The summed E-state index contributed by atoms with van der Waals surface area (Å²) in [4.78, 5) is 15.8. The Morgan fingerprint density at radius 2 is 1.61 bits per heavy atom. The maximum Gasteiger partial charge on any atom is 0.306 e. The molecule has 6 fully saturated rings. The molecule has 236 valence electrons. The molecule has 4 saturated carbocycles. The van der Waals surface area contributed by atoms with Gasteiger partial charge < -0.3 is 31.3 Å². The summed E-state index contributed by atoms with van der Waals surface area (Å²) in [7, 11) is 2.51. The molecule has 41 heavy (non-hydrogen) atoms. The molecule has 6 rings (SSSR count). The highest BCUT2D eigenvalue weighted by atomic mass is 79.9. The van der Waals surface area contributed by atoms with Crippen LogP contribution >= 0.6 is 0 Å².